The van der Waals surface area contributed by atoms with Crippen molar-refractivity contribution in [2.75, 3.05) is 6.54 Å². The maximum absolute atomic E-state index is 11.6. The van der Waals surface area contributed by atoms with Gasteiger partial charge in [0.15, 0.2) is 0 Å². The molecule has 15 heavy (non-hydrogen) atoms. The summed E-state index contributed by atoms with van der Waals surface area (Å²) in [5, 5.41) is 12.2. The highest BCUT2D eigenvalue weighted by Gasteiger charge is 2.10. The number of benzene rings is 1. The van der Waals surface area contributed by atoms with Crippen LogP contribution in [-0.2, 0) is 0 Å². The van der Waals surface area contributed by atoms with Crippen LogP contribution in [0, 0.1) is 6.92 Å². The number of rotatable bonds is 3. The summed E-state index contributed by atoms with van der Waals surface area (Å²) >= 11 is 5.89. The van der Waals surface area contributed by atoms with Gasteiger partial charge in [-0.2, -0.15) is 0 Å². The molecule has 0 saturated carbocycles. The third-order valence-electron chi connectivity index (χ3n) is 2.07. The molecule has 0 unspecified atom stereocenters. The van der Waals surface area contributed by atoms with E-state index in [1.54, 1.807) is 32.0 Å². The molecule has 0 saturated heterocycles. The first-order valence-corrected chi connectivity index (χ1v) is 5.11. The highest BCUT2D eigenvalue weighted by atomic mass is 35.5. The van der Waals surface area contributed by atoms with Crippen LogP contribution in [0.15, 0.2) is 18.2 Å². The summed E-state index contributed by atoms with van der Waals surface area (Å²) in [5.74, 6) is -0.212. The molecule has 1 amide bonds. The Hall–Kier alpha value is -1.06. The van der Waals surface area contributed by atoms with E-state index in [1.807, 2.05) is 0 Å². The third kappa shape index (κ3) is 3.22. The molecule has 1 rings (SSSR count). The van der Waals surface area contributed by atoms with Crippen molar-refractivity contribution in [3.8, 4) is 0 Å². The molecule has 0 aromatic heterocycles. The van der Waals surface area contributed by atoms with E-state index in [1.165, 1.54) is 0 Å². The third-order valence-corrected chi connectivity index (χ3v) is 2.48. The molecule has 0 fully saturated rings. The van der Waals surface area contributed by atoms with Gasteiger partial charge in [0.05, 0.1) is 6.10 Å². The maximum atomic E-state index is 11.6. The normalized spacial score (nSPS) is 12.3. The van der Waals surface area contributed by atoms with Crippen LogP contribution >= 0.6 is 11.6 Å². The lowest BCUT2D eigenvalue weighted by molar-refractivity contribution is 0.0923. The lowest BCUT2D eigenvalue weighted by Gasteiger charge is -2.09. The topological polar surface area (TPSA) is 49.3 Å². The lowest BCUT2D eigenvalue weighted by Crippen LogP contribution is -2.30. The Bertz CT molecular complexity index is 364. The quantitative estimate of drug-likeness (QED) is 0.827. The van der Waals surface area contributed by atoms with E-state index in [2.05, 4.69) is 5.32 Å². The van der Waals surface area contributed by atoms with Crippen molar-refractivity contribution < 1.29 is 9.90 Å². The van der Waals surface area contributed by atoms with Crippen molar-refractivity contribution in [2.45, 2.75) is 20.0 Å². The first-order chi connectivity index (χ1) is 7.02. The Morgan fingerprint density at radius 3 is 2.87 bits per heavy atom. The number of nitrogens with one attached hydrogen (secondary N) is 1. The van der Waals surface area contributed by atoms with Gasteiger partial charge in [-0.15, -0.1) is 0 Å². The fourth-order valence-corrected chi connectivity index (χ4v) is 1.36. The van der Waals surface area contributed by atoms with Crippen molar-refractivity contribution in [3.05, 3.63) is 34.3 Å². The Kier molecular flexibility index (Phi) is 4.12. The fraction of sp³-hybridized carbons (Fsp3) is 0.364. The molecule has 1 aromatic carbocycles. The Morgan fingerprint density at radius 2 is 2.27 bits per heavy atom. The molecule has 1 aromatic rings. The molecule has 82 valence electrons. The largest absolute Gasteiger partial charge is 0.392 e. The number of aliphatic hydroxyl groups excluding tert-OH is 1. The molecule has 0 aliphatic carbocycles. The van der Waals surface area contributed by atoms with Crippen LogP contribution in [0.25, 0.3) is 0 Å². The molecule has 0 aliphatic heterocycles. The van der Waals surface area contributed by atoms with Crippen LogP contribution in [0.3, 0.4) is 0 Å². The highest BCUT2D eigenvalue weighted by molar-refractivity contribution is 6.31. The van der Waals surface area contributed by atoms with Gasteiger partial charge < -0.3 is 10.4 Å². The van der Waals surface area contributed by atoms with Crippen LogP contribution < -0.4 is 5.32 Å². The number of hydrogen-bond donors (Lipinski definition) is 2. The molecular formula is C11H14ClNO2. The first-order valence-electron chi connectivity index (χ1n) is 4.73. The van der Waals surface area contributed by atoms with Gasteiger partial charge in [0.1, 0.15) is 0 Å². The van der Waals surface area contributed by atoms with Crippen molar-refractivity contribution >= 4 is 17.5 Å². The van der Waals surface area contributed by atoms with Gasteiger partial charge in [0.2, 0.25) is 0 Å². The summed E-state index contributed by atoms with van der Waals surface area (Å²) < 4.78 is 0. The summed E-state index contributed by atoms with van der Waals surface area (Å²) in [6.45, 7) is 3.65. The standard InChI is InChI=1S/C11H14ClNO2/c1-7(14)6-13-11(15)9-4-3-5-10(12)8(9)2/h3-5,7,14H,6H2,1-2H3,(H,13,15)/t7-/m0/s1. The van der Waals surface area contributed by atoms with E-state index >= 15 is 0 Å². The number of halogens is 1. The minimum absolute atomic E-state index is 0.212. The van der Waals surface area contributed by atoms with Crippen LogP contribution in [0.2, 0.25) is 5.02 Å². The van der Waals surface area contributed by atoms with Gasteiger partial charge in [-0.3, -0.25) is 4.79 Å². The second-order valence-corrected chi connectivity index (χ2v) is 3.88. The minimum Gasteiger partial charge on any atom is -0.392 e. The van der Waals surface area contributed by atoms with Crippen LogP contribution in [-0.4, -0.2) is 23.7 Å². The van der Waals surface area contributed by atoms with Crippen LogP contribution in [0.1, 0.15) is 22.8 Å². The summed E-state index contributed by atoms with van der Waals surface area (Å²) in [6.07, 6.45) is -0.548. The molecule has 0 heterocycles. The Morgan fingerprint density at radius 1 is 1.60 bits per heavy atom. The van der Waals surface area contributed by atoms with Gasteiger partial charge in [0.25, 0.3) is 5.91 Å². The highest BCUT2D eigenvalue weighted by Crippen LogP contribution is 2.18. The summed E-state index contributed by atoms with van der Waals surface area (Å²) in [7, 11) is 0. The van der Waals surface area contributed by atoms with E-state index in [-0.39, 0.29) is 12.5 Å². The number of carbonyl (C=O) groups excluding carboxylic acids is 1. The fourth-order valence-electron chi connectivity index (χ4n) is 1.19. The Balaban J connectivity index is 2.78. The van der Waals surface area contributed by atoms with Gasteiger partial charge in [-0.25, -0.2) is 0 Å². The summed E-state index contributed by atoms with van der Waals surface area (Å²) in [5.41, 5.74) is 1.30. The zero-order chi connectivity index (χ0) is 11.4. The van der Waals surface area contributed by atoms with Crippen LogP contribution in [0.4, 0.5) is 0 Å². The monoisotopic (exact) mass is 227 g/mol. The summed E-state index contributed by atoms with van der Waals surface area (Å²) in [6, 6.07) is 5.17. The van der Waals surface area contributed by atoms with Gasteiger partial charge in [-0.05, 0) is 31.5 Å². The smallest absolute Gasteiger partial charge is 0.251 e. The van der Waals surface area contributed by atoms with Gasteiger partial charge >= 0.3 is 0 Å². The molecule has 0 bridgehead atoms. The number of amides is 1. The molecular weight excluding hydrogens is 214 g/mol. The summed E-state index contributed by atoms with van der Waals surface area (Å²) in [4.78, 5) is 11.6. The minimum atomic E-state index is -0.548. The number of aliphatic hydroxyl groups is 1. The first kappa shape index (κ1) is 12.0. The zero-order valence-electron chi connectivity index (χ0n) is 8.75. The van der Waals surface area contributed by atoms with Crippen LogP contribution in [0.5, 0.6) is 0 Å². The SMILES string of the molecule is Cc1c(Cl)cccc1C(=O)NC[C@H](C)O. The molecule has 1 atom stereocenters. The number of carbonyl (C=O) groups is 1. The average molecular weight is 228 g/mol. The zero-order valence-corrected chi connectivity index (χ0v) is 9.51. The van der Waals surface area contributed by atoms with Gasteiger partial charge in [-0.1, -0.05) is 17.7 Å². The predicted molar refractivity (Wildman–Crippen MR) is 60.2 cm³/mol. The molecule has 0 radical (unpaired) electrons. The van der Waals surface area contributed by atoms with E-state index in [0.29, 0.717) is 10.6 Å². The van der Waals surface area contributed by atoms with E-state index in [9.17, 15) is 4.79 Å². The average Bonchev–Trinajstić information content (AvgIpc) is 2.18. The molecule has 0 spiro atoms. The van der Waals surface area contributed by atoms with E-state index < -0.39 is 6.10 Å². The molecule has 2 N–H and O–H groups in total. The van der Waals surface area contributed by atoms with Crippen molar-refractivity contribution in [1.29, 1.82) is 0 Å². The maximum Gasteiger partial charge on any atom is 0.251 e. The second kappa shape index (κ2) is 5.14. The Labute approximate surface area is 94.1 Å². The van der Waals surface area contributed by atoms with Gasteiger partial charge in [0, 0.05) is 17.1 Å². The van der Waals surface area contributed by atoms with Crippen molar-refractivity contribution in [1.82, 2.24) is 5.32 Å². The molecule has 4 heteroatoms. The molecule has 0 aliphatic rings. The number of hydrogen-bond acceptors (Lipinski definition) is 2. The van der Waals surface area contributed by atoms with Crippen molar-refractivity contribution in [2.24, 2.45) is 0 Å². The molecule has 3 nitrogen and oxygen atoms in total. The van der Waals surface area contributed by atoms with E-state index in [0.717, 1.165) is 5.56 Å². The van der Waals surface area contributed by atoms with E-state index in [4.69, 9.17) is 16.7 Å². The predicted octanol–water partition coefficient (Wildman–Crippen LogP) is 1.76. The van der Waals surface area contributed by atoms with Crippen molar-refractivity contribution in [3.63, 3.8) is 0 Å². The lowest BCUT2D eigenvalue weighted by atomic mass is 10.1. The second-order valence-electron chi connectivity index (χ2n) is 3.47.